The third-order valence-corrected chi connectivity index (χ3v) is 7.74. The summed E-state index contributed by atoms with van der Waals surface area (Å²) in [4.78, 5) is 32.7. The van der Waals surface area contributed by atoms with Gasteiger partial charge in [-0.2, -0.15) is 0 Å². The summed E-state index contributed by atoms with van der Waals surface area (Å²) in [5.74, 6) is 0.0147. The molecule has 2 unspecified atom stereocenters. The molecule has 2 amide bonds. The fraction of sp³-hybridized carbons (Fsp3) is 0.303. The smallest absolute Gasteiger partial charge is 0.251 e. The number of amides is 2. The lowest BCUT2D eigenvalue weighted by Crippen LogP contribution is -2.49. The van der Waals surface area contributed by atoms with Crippen molar-refractivity contribution in [1.82, 2.24) is 15.5 Å². The summed E-state index contributed by atoms with van der Waals surface area (Å²) in [7, 11) is 0. The van der Waals surface area contributed by atoms with E-state index in [4.69, 9.17) is 11.5 Å². The quantitative estimate of drug-likeness (QED) is 0.136. The van der Waals surface area contributed by atoms with Crippen molar-refractivity contribution in [3.8, 4) is 0 Å². The van der Waals surface area contributed by atoms with E-state index in [0.29, 0.717) is 44.6 Å². The standard InChI is InChI=1S/C33H38N6O2/c34-33(35)36-17-5-10-30-32(41)39(18-15-23-11-12-24-6-1-3-8-26(24)20-23)19-16-29(38-30)22-37-31(40)28-14-13-25-7-2-4-9-27(25)21-28/h1-4,6-9,11-14,20-21,29-30,38H,5,10,15-19,22H2,(H,37,40)(H4,34,35,36). The molecular formula is C33H38N6O2. The Kier molecular flexibility index (Phi) is 9.11. The van der Waals surface area contributed by atoms with E-state index in [1.165, 1.54) is 16.3 Å². The van der Waals surface area contributed by atoms with Crippen LogP contribution >= 0.6 is 0 Å². The van der Waals surface area contributed by atoms with E-state index in [9.17, 15) is 9.59 Å². The van der Waals surface area contributed by atoms with Crippen molar-refractivity contribution in [3.63, 3.8) is 0 Å². The van der Waals surface area contributed by atoms with E-state index in [1.807, 2.05) is 59.5 Å². The van der Waals surface area contributed by atoms with Gasteiger partial charge < -0.3 is 27.0 Å². The minimum Gasteiger partial charge on any atom is -0.370 e. The lowest BCUT2D eigenvalue weighted by Gasteiger charge is -2.25. The highest BCUT2D eigenvalue weighted by atomic mass is 16.2. The highest BCUT2D eigenvalue weighted by molar-refractivity contribution is 5.98. The topological polar surface area (TPSA) is 126 Å². The number of rotatable bonds is 10. The van der Waals surface area contributed by atoms with Crippen molar-refractivity contribution in [2.45, 2.75) is 37.8 Å². The van der Waals surface area contributed by atoms with Gasteiger partial charge in [-0.15, -0.1) is 0 Å². The number of nitrogens with zero attached hydrogens (tertiary/aromatic N) is 2. The Labute approximate surface area is 240 Å². The zero-order valence-electron chi connectivity index (χ0n) is 23.3. The van der Waals surface area contributed by atoms with Crippen LogP contribution in [0.15, 0.2) is 89.9 Å². The summed E-state index contributed by atoms with van der Waals surface area (Å²) < 4.78 is 0. The highest BCUT2D eigenvalue weighted by Gasteiger charge is 2.30. The second-order valence-corrected chi connectivity index (χ2v) is 10.7. The normalized spacial score (nSPS) is 17.4. The number of carbonyl (C=O) groups excluding carboxylic acids is 2. The summed E-state index contributed by atoms with van der Waals surface area (Å²) in [6.07, 6.45) is 2.81. The third kappa shape index (κ3) is 7.41. The molecule has 0 aliphatic carbocycles. The molecule has 0 aromatic heterocycles. The monoisotopic (exact) mass is 550 g/mol. The lowest BCUT2D eigenvalue weighted by molar-refractivity contribution is -0.132. The zero-order valence-corrected chi connectivity index (χ0v) is 23.3. The molecule has 1 fully saturated rings. The molecule has 4 aromatic rings. The van der Waals surface area contributed by atoms with Gasteiger partial charge in [0.05, 0.1) is 6.04 Å². The first-order chi connectivity index (χ1) is 20.0. The Morgan fingerprint density at radius 3 is 2.34 bits per heavy atom. The van der Waals surface area contributed by atoms with Gasteiger partial charge in [0.1, 0.15) is 0 Å². The van der Waals surface area contributed by atoms with E-state index in [2.05, 4.69) is 46.0 Å². The molecule has 5 rings (SSSR count). The molecule has 2 atom stereocenters. The van der Waals surface area contributed by atoms with Gasteiger partial charge in [-0.05, 0) is 64.9 Å². The molecule has 4 aromatic carbocycles. The molecule has 8 heteroatoms. The van der Waals surface area contributed by atoms with E-state index in [0.717, 1.165) is 23.6 Å². The van der Waals surface area contributed by atoms with Crippen LogP contribution in [0, 0.1) is 0 Å². The first kappa shape index (κ1) is 28.1. The number of nitrogens with two attached hydrogens (primary N) is 2. The van der Waals surface area contributed by atoms with Crippen molar-refractivity contribution < 1.29 is 9.59 Å². The number of hydrogen-bond donors (Lipinski definition) is 4. The van der Waals surface area contributed by atoms with Crippen molar-refractivity contribution >= 4 is 39.3 Å². The van der Waals surface area contributed by atoms with Crippen LogP contribution < -0.4 is 22.1 Å². The van der Waals surface area contributed by atoms with Crippen LogP contribution in [0.5, 0.6) is 0 Å². The molecule has 1 aliphatic heterocycles. The minimum absolute atomic E-state index is 0.0397. The molecule has 0 bridgehead atoms. The third-order valence-electron chi connectivity index (χ3n) is 7.74. The van der Waals surface area contributed by atoms with Gasteiger partial charge in [0, 0.05) is 37.8 Å². The SMILES string of the molecule is NC(N)=NCCCC1NC(CNC(=O)c2ccc3ccccc3c2)CCN(CCc2ccc3ccccc3c2)C1=O. The van der Waals surface area contributed by atoms with Gasteiger partial charge in [-0.1, -0.05) is 72.8 Å². The van der Waals surface area contributed by atoms with E-state index in [1.54, 1.807) is 0 Å². The number of hydrogen-bond acceptors (Lipinski definition) is 4. The van der Waals surface area contributed by atoms with E-state index < -0.39 is 0 Å². The van der Waals surface area contributed by atoms with Crippen LogP contribution in [0.3, 0.4) is 0 Å². The molecule has 212 valence electrons. The second-order valence-electron chi connectivity index (χ2n) is 10.7. The maximum absolute atomic E-state index is 13.6. The molecular weight excluding hydrogens is 512 g/mol. The van der Waals surface area contributed by atoms with E-state index in [-0.39, 0.29) is 29.9 Å². The fourth-order valence-corrected chi connectivity index (χ4v) is 5.48. The fourth-order valence-electron chi connectivity index (χ4n) is 5.48. The van der Waals surface area contributed by atoms with Crippen molar-refractivity contribution in [2.24, 2.45) is 16.5 Å². The van der Waals surface area contributed by atoms with Gasteiger partial charge in [0.2, 0.25) is 5.91 Å². The number of guanidine groups is 1. The van der Waals surface area contributed by atoms with Crippen molar-refractivity contribution in [3.05, 3.63) is 96.1 Å². The molecule has 0 radical (unpaired) electrons. The van der Waals surface area contributed by atoms with Crippen molar-refractivity contribution in [2.75, 3.05) is 26.2 Å². The van der Waals surface area contributed by atoms with Gasteiger partial charge in [-0.3, -0.25) is 14.6 Å². The van der Waals surface area contributed by atoms with Gasteiger partial charge >= 0.3 is 0 Å². The molecule has 1 saturated heterocycles. The van der Waals surface area contributed by atoms with Crippen LogP contribution in [0.1, 0.15) is 35.2 Å². The average Bonchev–Trinajstić information content (AvgIpc) is 3.14. The molecule has 0 saturated carbocycles. The number of benzene rings is 4. The number of carbonyl (C=O) groups is 2. The molecule has 0 spiro atoms. The predicted molar refractivity (Wildman–Crippen MR) is 166 cm³/mol. The van der Waals surface area contributed by atoms with Crippen LogP contribution in [0.2, 0.25) is 0 Å². The van der Waals surface area contributed by atoms with Gasteiger partial charge in [-0.25, -0.2) is 0 Å². The summed E-state index contributed by atoms with van der Waals surface area (Å²) in [5, 5.41) is 11.1. The zero-order chi connectivity index (χ0) is 28.6. The summed E-state index contributed by atoms with van der Waals surface area (Å²) >= 11 is 0. The first-order valence-corrected chi connectivity index (χ1v) is 14.3. The molecule has 6 N–H and O–H groups in total. The molecule has 41 heavy (non-hydrogen) atoms. The highest BCUT2D eigenvalue weighted by Crippen LogP contribution is 2.18. The molecule has 8 nitrogen and oxygen atoms in total. The van der Waals surface area contributed by atoms with Crippen molar-refractivity contribution in [1.29, 1.82) is 0 Å². The summed E-state index contributed by atoms with van der Waals surface area (Å²) in [6.45, 7) is 2.16. The number of nitrogens with one attached hydrogen (secondary N) is 2. The van der Waals surface area contributed by atoms with Crippen LogP contribution in [0.4, 0.5) is 0 Å². The Balaban J connectivity index is 1.23. The number of fused-ring (bicyclic) bond motifs is 2. The Hall–Kier alpha value is -4.43. The number of aliphatic imine (C=N–C) groups is 1. The van der Waals surface area contributed by atoms with Gasteiger partial charge in [0.15, 0.2) is 5.96 Å². The molecule has 1 heterocycles. The van der Waals surface area contributed by atoms with Crippen LogP contribution in [0.25, 0.3) is 21.5 Å². The summed E-state index contributed by atoms with van der Waals surface area (Å²) in [5.41, 5.74) is 12.8. The maximum Gasteiger partial charge on any atom is 0.251 e. The Morgan fingerprint density at radius 1 is 0.927 bits per heavy atom. The molecule has 1 aliphatic rings. The lowest BCUT2D eigenvalue weighted by atomic mass is 10.0. The maximum atomic E-state index is 13.6. The first-order valence-electron chi connectivity index (χ1n) is 14.3. The minimum atomic E-state index is -0.370. The van der Waals surface area contributed by atoms with E-state index >= 15 is 0 Å². The van der Waals surface area contributed by atoms with Gasteiger partial charge in [0.25, 0.3) is 5.91 Å². The predicted octanol–water partition coefficient (Wildman–Crippen LogP) is 3.58. The largest absolute Gasteiger partial charge is 0.370 e. The average molecular weight is 551 g/mol. The van der Waals surface area contributed by atoms with Crippen LogP contribution in [-0.4, -0.2) is 60.9 Å². The second kappa shape index (κ2) is 13.3. The van der Waals surface area contributed by atoms with Crippen LogP contribution in [-0.2, 0) is 11.2 Å². The Morgan fingerprint density at radius 2 is 1.61 bits per heavy atom. The summed E-state index contributed by atoms with van der Waals surface area (Å²) in [6, 6.07) is 28.1. The Bertz CT molecular complexity index is 1550.